The lowest BCUT2D eigenvalue weighted by Crippen LogP contribution is -2.30. The molecule has 0 radical (unpaired) electrons. The second kappa shape index (κ2) is 8.58. The van der Waals surface area contributed by atoms with E-state index in [-0.39, 0.29) is 10.8 Å². The van der Waals surface area contributed by atoms with E-state index in [1.165, 1.54) is 24.3 Å². The average Bonchev–Trinajstić information content (AvgIpc) is 2.69. The highest BCUT2D eigenvalue weighted by atomic mass is 32.2. The molecule has 28 heavy (non-hydrogen) atoms. The van der Waals surface area contributed by atoms with Crippen LogP contribution in [0.2, 0.25) is 0 Å². The van der Waals surface area contributed by atoms with E-state index < -0.39 is 16.1 Å². The first-order chi connectivity index (χ1) is 13.4. The molecule has 3 rings (SSSR count). The second-order valence-electron chi connectivity index (χ2n) is 6.06. The van der Waals surface area contributed by atoms with Gasteiger partial charge in [-0.05, 0) is 55.5 Å². The molecule has 1 amide bonds. The monoisotopic (exact) mass is 396 g/mol. The number of hydrogen-bond donors (Lipinski definition) is 2. The second-order valence-corrected chi connectivity index (χ2v) is 7.74. The third-order valence-electron chi connectivity index (χ3n) is 3.88. The van der Waals surface area contributed by atoms with Crippen LogP contribution >= 0.6 is 0 Å². The highest BCUT2D eigenvalue weighted by Gasteiger charge is 2.17. The smallest absolute Gasteiger partial charge is 0.265 e. The van der Waals surface area contributed by atoms with Gasteiger partial charge in [0.1, 0.15) is 5.75 Å². The fourth-order valence-corrected chi connectivity index (χ4v) is 3.50. The molecule has 144 valence electrons. The van der Waals surface area contributed by atoms with Gasteiger partial charge in [-0.2, -0.15) is 0 Å². The summed E-state index contributed by atoms with van der Waals surface area (Å²) in [7, 11) is -3.70. The number of sulfonamides is 1. The number of nitrogens with one attached hydrogen (secondary N) is 2. The first-order valence-corrected chi connectivity index (χ1v) is 10.1. The van der Waals surface area contributed by atoms with Crippen LogP contribution in [0.5, 0.6) is 5.75 Å². The number of ether oxygens (including phenoxy) is 1. The van der Waals surface area contributed by atoms with Gasteiger partial charge in [0.2, 0.25) is 0 Å². The predicted molar refractivity (Wildman–Crippen MR) is 109 cm³/mol. The summed E-state index contributed by atoms with van der Waals surface area (Å²) in [6.45, 7) is 1.64. The largest absolute Gasteiger partial charge is 0.481 e. The van der Waals surface area contributed by atoms with Crippen LogP contribution in [0.4, 0.5) is 11.4 Å². The van der Waals surface area contributed by atoms with Gasteiger partial charge in [-0.1, -0.05) is 36.4 Å². The fourth-order valence-electron chi connectivity index (χ4n) is 2.44. The molecule has 0 spiro atoms. The van der Waals surface area contributed by atoms with Crippen molar-refractivity contribution in [2.45, 2.75) is 17.9 Å². The Morgan fingerprint density at radius 2 is 1.39 bits per heavy atom. The van der Waals surface area contributed by atoms with Crippen molar-refractivity contribution in [1.29, 1.82) is 0 Å². The maximum Gasteiger partial charge on any atom is 0.265 e. The van der Waals surface area contributed by atoms with Crippen LogP contribution in [0.1, 0.15) is 6.92 Å². The normalized spacial score (nSPS) is 12.0. The number of carbonyl (C=O) groups is 1. The average molecular weight is 396 g/mol. The maximum atomic E-state index is 12.4. The zero-order valence-corrected chi connectivity index (χ0v) is 16.0. The van der Waals surface area contributed by atoms with Crippen molar-refractivity contribution >= 4 is 27.3 Å². The molecule has 0 aliphatic rings. The van der Waals surface area contributed by atoms with Crippen molar-refractivity contribution in [1.82, 2.24) is 0 Å². The molecule has 0 fully saturated rings. The maximum absolute atomic E-state index is 12.4. The molecular formula is C21H20N2O4S. The van der Waals surface area contributed by atoms with E-state index in [2.05, 4.69) is 10.0 Å². The lowest BCUT2D eigenvalue weighted by Gasteiger charge is -2.15. The van der Waals surface area contributed by atoms with Crippen LogP contribution in [0.3, 0.4) is 0 Å². The predicted octanol–water partition coefficient (Wildman–Crippen LogP) is 3.89. The summed E-state index contributed by atoms with van der Waals surface area (Å²) < 4.78 is 32.9. The molecule has 3 aromatic carbocycles. The SMILES string of the molecule is C[C@H](Oc1ccccc1)C(=O)Nc1ccc(S(=O)(=O)Nc2ccccc2)cc1. The van der Waals surface area contributed by atoms with Gasteiger partial charge in [0.25, 0.3) is 15.9 Å². The molecule has 0 aliphatic carbocycles. The van der Waals surface area contributed by atoms with Crippen molar-refractivity contribution in [2.24, 2.45) is 0 Å². The number of rotatable bonds is 7. The van der Waals surface area contributed by atoms with Crippen molar-refractivity contribution in [3.8, 4) is 5.75 Å². The summed E-state index contributed by atoms with van der Waals surface area (Å²) in [4.78, 5) is 12.4. The van der Waals surface area contributed by atoms with Crippen LogP contribution in [-0.2, 0) is 14.8 Å². The number of amides is 1. The minimum atomic E-state index is -3.70. The summed E-state index contributed by atoms with van der Waals surface area (Å²) in [6, 6.07) is 23.6. The van der Waals surface area contributed by atoms with Gasteiger partial charge >= 0.3 is 0 Å². The van der Waals surface area contributed by atoms with Crippen LogP contribution in [0, 0.1) is 0 Å². The Hall–Kier alpha value is -3.32. The number of anilines is 2. The van der Waals surface area contributed by atoms with Crippen LogP contribution in [0.15, 0.2) is 89.8 Å². The van der Waals surface area contributed by atoms with Gasteiger partial charge in [0.15, 0.2) is 6.10 Å². The molecule has 7 heteroatoms. The quantitative estimate of drug-likeness (QED) is 0.634. The summed E-state index contributed by atoms with van der Waals surface area (Å²) in [5.41, 5.74) is 0.957. The summed E-state index contributed by atoms with van der Waals surface area (Å²) >= 11 is 0. The molecule has 0 heterocycles. The highest BCUT2D eigenvalue weighted by molar-refractivity contribution is 7.92. The molecule has 0 saturated heterocycles. The molecule has 2 N–H and O–H groups in total. The Balaban J connectivity index is 1.63. The van der Waals surface area contributed by atoms with Gasteiger partial charge in [0, 0.05) is 11.4 Å². The van der Waals surface area contributed by atoms with E-state index in [1.54, 1.807) is 49.4 Å². The third kappa shape index (κ3) is 5.11. The summed E-state index contributed by atoms with van der Waals surface area (Å²) in [5, 5.41) is 2.71. The summed E-state index contributed by atoms with van der Waals surface area (Å²) in [5.74, 6) is 0.264. The first-order valence-electron chi connectivity index (χ1n) is 8.64. The van der Waals surface area contributed by atoms with E-state index in [0.717, 1.165) is 0 Å². The standard InChI is InChI=1S/C21H20N2O4S/c1-16(27-19-10-6-3-7-11-19)21(24)22-17-12-14-20(15-13-17)28(25,26)23-18-8-4-2-5-9-18/h2-16,23H,1H3,(H,22,24)/t16-/m0/s1. The van der Waals surface area contributed by atoms with E-state index in [4.69, 9.17) is 4.74 Å². The summed E-state index contributed by atoms with van der Waals surface area (Å²) in [6.07, 6.45) is -0.703. The molecular weight excluding hydrogens is 376 g/mol. The van der Waals surface area contributed by atoms with Crippen LogP contribution < -0.4 is 14.8 Å². The highest BCUT2D eigenvalue weighted by Crippen LogP contribution is 2.18. The van der Waals surface area contributed by atoms with E-state index >= 15 is 0 Å². The van der Waals surface area contributed by atoms with E-state index in [9.17, 15) is 13.2 Å². The van der Waals surface area contributed by atoms with Gasteiger partial charge in [-0.3, -0.25) is 9.52 Å². The zero-order valence-electron chi connectivity index (χ0n) is 15.2. The Kier molecular flexibility index (Phi) is 5.96. The van der Waals surface area contributed by atoms with Gasteiger partial charge in [-0.25, -0.2) is 8.42 Å². The topological polar surface area (TPSA) is 84.5 Å². The van der Waals surface area contributed by atoms with Crippen molar-refractivity contribution in [3.05, 3.63) is 84.9 Å². The molecule has 1 atom stereocenters. The Labute approximate surface area is 164 Å². The molecule has 0 aliphatic heterocycles. The number of para-hydroxylation sites is 2. The lowest BCUT2D eigenvalue weighted by molar-refractivity contribution is -0.122. The number of hydrogen-bond acceptors (Lipinski definition) is 4. The molecule has 0 saturated carbocycles. The first kappa shape index (κ1) is 19.4. The molecule has 0 bridgehead atoms. The van der Waals surface area contributed by atoms with Crippen molar-refractivity contribution in [3.63, 3.8) is 0 Å². The molecule has 0 unspecified atom stereocenters. The van der Waals surface area contributed by atoms with E-state index in [0.29, 0.717) is 17.1 Å². The third-order valence-corrected chi connectivity index (χ3v) is 5.28. The van der Waals surface area contributed by atoms with Crippen molar-refractivity contribution < 1.29 is 17.9 Å². The Bertz CT molecular complexity index is 1020. The lowest BCUT2D eigenvalue weighted by atomic mass is 10.3. The minimum absolute atomic E-state index is 0.0999. The van der Waals surface area contributed by atoms with Gasteiger partial charge in [-0.15, -0.1) is 0 Å². The Morgan fingerprint density at radius 3 is 2.00 bits per heavy atom. The number of benzene rings is 3. The zero-order chi connectivity index (χ0) is 20.0. The van der Waals surface area contributed by atoms with Gasteiger partial charge in [0.05, 0.1) is 4.90 Å². The van der Waals surface area contributed by atoms with E-state index in [1.807, 2.05) is 18.2 Å². The molecule has 3 aromatic rings. The minimum Gasteiger partial charge on any atom is -0.481 e. The van der Waals surface area contributed by atoms with Gasteiger partial charge < -0.3 is 10.1 Å². The fraction of sp³-hybridized carbons (Fsp3) is 0.0952. The number of carbonyl (C=O) groups excluding carboxylic acids is 1. The van der Waals surface area contributed by atoms with Crippen LogP contribution in [0.25, 0.3) is 0 Å². The molecule has 6 nitrogen and oxygen atoms in total. The van der Waals surface area contributed by atoms with Crippen molar-refractivity contribution in [2.75, 3.05) is 10.0 Å². The Morgan fingerprint density at radius 1 is 0.821 bits per heavy atom. The molecule has 0 aromatic heterocycles. The van der Waals surface area contributed by atoms with Crippen LogP contribution in [-0.4, -0.2) is 20.4 Å².